The van der Waals surface area contributed by atoms with Gasteiger partial charge >= 0.3 is 5.97 Å². The fourth-order valence-electron chi connectivity index (χ4n) is 1.44. The third-order valence-corrected chi connectivity index (χ3v) is 2.53. The zero-order chi connectivity index (χ0) is 12.3. The molecule has 0 bridgehead atoms. The monoisotopic (exact) mass is 238 g/mol. The van der Waals surface area contributed by atoms with Crippen molar-refractivity contribution in [2.75, 3.05) is 32.1 Å². The van der Waals surface area contributed by atoms with E-state index >= 15 is 0 Å². The zero-order valence-corrected chi connectivity index (χ0v) is 9.43. The molecule has 1 fully saturated rings. The summed E-state index contributed by atoms with van der Waals surface area (Å²) in [4.78, 5) is 19.0. The molecule has 0 unspecified atom stereocenters. The molecule has 1 aliphatic rings. The number of ether oxygens (including phenoxy) is 1. The number of nitrogens with one attached hydrogen (secondary N) is 2. The topological polar surface area (TPSA) is 96.4 Å². The number of hydrogen-bond donors (Lipinski definition) is 3. The van der Waals surface area contributed by atoms with Crippen molar-refractivity contribution in [3.63, 3.8) is 0 Å². The Morgan fingerprint density at radius 1 is 1.71 bits per heavy atom. The molecule has 7 nitrogen and oxygen atoms in total. The fraction of sp³-hybridized carbons (Fsp3) is 0.500. The summed E-state index contributed by atoms with van der Waals surface area (Å²) in [7, 11) is 1.27. The molecule has 0 amide bonds. The van der Waals surface area contributed by atoms with Crippen LogP contribution in [0, 0.1) is 0 Å². The number of rotatable bonds is 4. The van der Waals surface area contributed by atoms with Gasteiger partial charge in [0.1, 0.15) is 11.4 Å². The quantitative estimate of drug-likeness (QED) is 0.579. The molecule has 1 aromatic rings. The lowest BCUT2D eigenvalue weighted by Gasteiger charge is -2.37. The van der Waals surface area contributed by atoms with Crippen molar-refractivity contribution < 1.29 is 14.6 Å². The maximum absolute atomic E-state index is 11.2. The lowest BCUT2D eigenvalue weighted by molar-refractivity contribution is 0.00306. The van der Waals surface area contributed by atoms with Crippen LogP contribution in [0.5, 0.6) is 0 Å². The molecule has 1 aromatic heterocycles. The Bertz CT molecular complexity index is 420. The summed E-state index contributed by atoms with van der Waals surface area (Å²) in [6.45, 7) is 1.47. The Morgan fingerprint density at radius 3 is 3.06 bits per heavy atom. The molecule has 7 heteroatoms. The van der Waals surface area contributed by atoms with Crippen LogP contribution in [0.25, 0.3) is 0 Å². The highest BCUT2D eigenvalue weighted by Gasteiger charge is 2.33. The molecule has 1 saturated heterocycles. The summed E-state index contributed by atoms with van der Waals surface area (Å²) >= 11 is 0. The molecule has 0 aromatic carbocycles. The average molecular weight is 238 g/mol. The first-order valence-corrected chi connectivity index (χ1v) is 5.21. The Balaban J connectivity index is 1.98. The largest absolute Gasteiger partial charge is 0.463 e. The van der Waals surface area contributed by atoms with Crippen LogP contribution in [0.3, 0.4) is 0 Å². The lowest BCUT2D eigenvalue weighted by Crippen LogP contribution is -2.63. The van der Waals surface area contributed by atoms with Gasteiger partial charge < -0.3 is 20.5 Å². The van der Waals surface area contributed by atoms with E-state index < -0.39 is 11.6 Å². The summed E-state index contributed by atoms with van der Waals surface area (Å²) in [6.07, 6.45) is 1.46. The molecule has 3 N–H and O–H groups in total. The number of carbonyl (C=O) groups excluding carboxylic acids is 1. The highest BCUT2D eigenvalue weighted by Crippen LogP contribution is 2.11. The molecule has 92 valence electrons. The predicted octanol–water partition coefficient (Wildman–Crippen LogP) is -0.991. The highest BCUT2D eigenvalue weighted by molar-refractivity contribution is 5.85. The Morgan fingerprint density at radius 2 is 2.47 bits per heavy atom. The molecule has 17 heavy (non-hydrogen) atoms. The fourth-order valence-corrected chi connectivity index (χ4v) is 1.44. The molecule has 2 heterocycles. The van der Waals surface area contributed by atoms with Crippen molar-refractivity contribution in [1.29, 1.82) is 0 Å². The van der Waals surface area contributed by atoms with Gasteiger partial charge in [0.2, 0.25) is 5.82 Å². The summed E-state index contributed by atoms with van der Waals surface area (Å²) in [5.74, 6) is -0.102. The van der Waals surface area contributed by atoms with Crippen LogP contribution in [-0.4, -0.2) is 53.4 Å². The third-order valence-electron chi connectivity index (χ3n) is 2.53. The van der Waals surface area contributed by atoms with Crippen LogP contribution < -0.4 is 10.6 Å². The third kappa shape index (κ3) is 2.69. The number of aromatic nitrogens is 2. The first-order valence-electron chi connectivity index (χ1n) is 5.21. The molecular weight excluding hydrogens is 224 g/mol. The van der Waals surface area contributed by atoms with E-state index in [1.807, 2.05) is 0 Å². The number of hydrogen-bond acceptors (Lipinski definition) is 7. The summed E-state index contributed by atoms with van der Waals surface area (Å²) in [6, 6.07) is 1.63. The minimum atomic E-state index is -0.740. The summed E-state index contributed by atoms with van der Waals surface area (Å²) in [5, 5.41) is 15.8. The predicted molar refractivity (Wildman–Crippen MR) is 59.7 cm³/mol. The van der Waals surface area contributed by atoms with Gasteiger partial charge in [0.05, 0.1) is 7.11 Å². The van der Waals surface area contributed by atoms with Crippen LogP contribution in [-0.2, 0) is 4.74 Å². The SMILES string of the molecule is COC(=O)c1nccc(NCC2(O)CNC2)n1. The average Bonchev–Trinajstić information content (AvgIpc) is 2.33. The van der Waals surface area contributed by atoms with Crippen LogP contribution in [0.1, 0.15) is 10.6 Å². The number of anilines is 1. The minimum Gasteiger partial charge on any atom is -0.463 e. The first kappa shape index (κ1) is 11.7. The molecule has 2 rings (SSSR count). The maximum Gasteiger partial charge on any atom is 0.376 e. The van der Waals surface area contributed by atoms with Gasteiger partial charge in [-0.2, -0.15) is 0 Å². The van der Waals surface area contributed by atoms with Gasteiger partial charge in [0.25, 0.3) is 0 Å². The van der Waals surface area contributed by atoms with Gasteiger partial charge in [0.15, 0.2) is 0 Å². The van der Waals surface area contributed by atoms with E-state index in [0.29, 0.717) is 25.5 Å². The van der Waals surface area contributed by atoms with Crippen molar-refractivity contribution in [1.82, 2.24) is 15.3 Å². The zero-order valence-electron chi connectivity index (χ0n) is 9.43. The van der Waals surface area contributed by atoms with Crippen molar-refractivity contribution in [2.24, 2.45) is 0 Å². The standard InChI is InChI=1S/C10H14N4O3/c1-17-9(15)8-12-3-2-7(14-8)13-6-10(16)4-11-5-10/h2-3,11,16H,4-6H2,1H3,(H,12,13,14). The number of β-amino-alcohol motifs (C(OH)–C–C–N with tert-alkyl or cyclic N) is 1. The van der Waals surface area contributed by atoms with E-state index in [-0.39, 0.29) is 5.82 Å². The number of carbonyl (C=O) groups is 1. The number of methoxy groups -OCH3 is 1. The molecule has 0 aliphatic carbocycles. The van der Waals surface area contributed by atoms with Gasteiger partial charge in [-0.15, -0.1) is 0 Å². The van der Waals surface area contributed by atoms with Gasteiger partial charge in [-0.25, -0.2) is 14.8 Å². The van der Waals surface area contributed by atoms with Gasteiger partial charge in [0, 0.05) is 25.8 Å². The molecular formula is C10H14N4O3. The molecule has 1 aliphatic heterocycles. The van der Waals surface area contributed by atoms with Crippen LogP contribution in [0.15, 0.2) is 12.3 Å². The number of esters is 1. The lowest BCUT2D eigenvalue weighted by atomic mass is 9.97. The second-order valence-corrected chi connectivity index (χ2v) is 3.94. The molecule has 0 atom stereocenters. The smallest absolute Gasteiger partial charge is 0.376 e. The van der Waals surface area contributed by atoms with E-state index in [9.17, 15) is 9.90 Å². The van der Waals surface area contributed by atoms with Crippen molar-refractivity contribution in [3.8, 4) is 0 Å². The summed E-state index contributed by atoms with van der Waals surface area (Å²) in [5.41, 5.74) is -0.740. The van der Waals surface area contributed by atoms with Gasteiger partial charge in [-0.1, -0.05) is 0 Å². The van der Waals surface area contributed by atoms with Crippen molar-refractivity contribution >= 4 is 11.8 Å². The second kappa shape index (κ2) is 4.64. The Kier molecular flexibility index (Phi) is 3.21. The summed E-state index contributed by atoms with van der Waals surface area (Å²) < 4.78 is 4.52. The Hall–Kier alpha value is -1.73. The number of aliphatic hydroxyl groups is 1. The maximum atomic E-state index is 11.2. The van der Waals surface area contributed by atoms with Gasteiger partial charge in [-0.3, -0.25) is 0 Å². The normalized spacial score (nSPS) is 17.1. The molecule has 0 radical (unpaired) electrons. The minimum absolute atomic E-state index is 0.00350. The van der Waals surface area contributed by atoms with Gasteiger partial charge in [-0.05, 0) is 6.07 Å². The second-order valence-electron chi connectivity index (χ2n) is 3.94. The van der Waals surface area contributed by atoms with E-state index in [1.165, 1.54) is 13.3 Å². The van der Waals surface area contributed by atoms with Crippen LogP contribution >= 0.6 is 0 Å². The number of nitrogens with zero attached hydrogens (tertiary/aromatic N) is 2. The highest BCUT2D eigenvalue weighted by atomic mass is 16.5. The van der Waals surface area contributed by atoms with Crippen LogP contribution in [0.4, 0.5) is 5.82 Å². The van der Waals surface area contributed by atoms with E-state index in [0.717, 1.165) is 0 Å². The van der Waals surface area contributed by atoms with E-state index in [1.54, 1.807) is 6.07 Å². The molecule has 0 saturated carbocycles. The first-order chi connectivity index (χ1) is 8.13. The van der Waals surface area contributed by atoms with Crippen molar-refractivity contribution in [3.05, 3.63) is 18.1 Å². The van der Waals surface area contributed by atoms with Crippen LogP contribution in [0.2, 0.25) is 0 Å². The Labute approximate surface area is 98.2 Å². The molecule has 0 spiro atoms. The van der Waals surface area contributed by atoms with E-state index in [4.69, 9.17) is 0 Å². The van der Waals surface area contributed by atoms with Crippen molar-refractivity contribution in [2.45, 2.75) is 5.60 Å². The van der Waals surface area contributed by atoms with E-state index in [2.05, 4.69) is 25.3 Å².